The summed E-state index contributed by atoms with van der Waals surface area (Å²) in [7, 11) is 0. The Kier molecular flexibility index (Phi) is 3.80. The van der Waals surface area contributed by atoms with E-state index in [1.807, 2.05) is 30.3 Å². The zero-order valence-corrected chi connectivity index (χ0v) is 14.0. The van der Waals surface area contributed by atoms with Gasteiger partial charge >= 0.3 is 0 Å². The number of aryl methyl sites for hydroxylation is 1. The largest absolute Gasteiger partial charge is 0.240 e. The molecular weight excluding hydrogens is 326 g/mol. The van der Waals surface area contributed by atoms with Gasteiger partial charge in [-0.05, 0) is 41.6 Å². The van der Waals surface area contributed by atoms with Gasteiger partial charge in [0, 0.05) is 0 Å². The monoisotopic (exact) mass is 339 g/mol. The minimum Gasteiger partial charge on any atom is -0.240 e. The second kappa shape index (κ2) is 6.10. The average molecular weight is 339 g/mol. The van der Waals surface area contributed by atoms with E-state index in [0.29, 0.717) is 0 Å². The standard InChI is InChI=1S/C16H13N5S2/c1-11-6-8-12(9-7-11)21-16(18-19-20-21)22-10-15-17-13-4-2-3-5-14(13)23-15/h2-9H,10H2,1H3. The Labute approximate surface area is 141 Å². The van der Waals surface area contributed by atoms with Crippen LogP contribution in [-0.4, -0.2) is 25.2 Å². The van der Waals surface area contributed by atoms with Gasteiger partial charge in [-0.25, -0.2) is 4.98 Å². The van der Waals surface area contributed by atoms with Crippen LogP contribution in [0, 0.1) is 6.92 Å². The van der Waals surface area contributed by atoms with Crippen molar-refractivity contribution < 1.29 is 0 Å². The number of thiazole rings is 1. The Bertz CT molecular complexity index is 909. The van der Waals surface area contributed by atoms with Gasteiger partial charge in [-0.3, -0.25) is 0 Å². The normalized spacial score (nSPS) is 11.2. The molecule has 0 aliphatic carbocycles. The molecule has 4 rings (SSSR count). The highest BCUT2D eigenvalue weighted by Crippen LogP contribution is 2.28. The van der Waals surface area contributed by atoms with Crippen molar-refractivity contribution in [1.29, 1.82) is 0 Å². The van der Waals surface area contributed by atoms with Crippen molar-refractivity contribution in [3.63, 3.8) is 0 Å². The average Bonchev–Trinajstić information content (AvgIpc) is 3.19. The highest BCUT2D eigenvalue weighted by atomic mass is 32.2. The van der Waals surface area contributed by atoms with E-state index >= 15 is 0 Å². The molecule has 114 valence electrons. The number of aromatic nitrogens is 5. The maximum Gasteiger partial charge on any atom is 0.214 e. The quantitative estimate of drug-likeness (QED) is 0.528. The smallest absolute Gasteiger partial charge is 0.214 e. The summed E-state index contributed by atoms with van der Waals surface area (Å²) < 4.78 is 2.97. The lowest BCUT2D eigenvalue weighted by atomic mass is 10.2. The van der Waals surface area contributed by atoms with E-state index in [1.165, 1.54) is 10.3 Å². The van der Waals surface area contributed by atoms with Crippen molar-refractivity contribution in [3.8, 4) is 5.69 Å². The molecule has 0 spiro atoms. The van der Waals surface area contributed by atoms with E-state index in [2.05, 4.69) is 45.6 Å². The van der Waals surface area contributed by atoms with Crippen molar-refractivity contribution >= 4 is 33.3 Å². The molecule has 0 fully saturated rings. The number of nitrogens with zero attached hydrogens (tertiary/aromatic N) is 5. The summed E-state index contributed by atoms with van der Waals surface area (Å²) >= 11 is 3.31. The summed E-state index contributed by atoms with van der Waals surface area (Å²) in [6, 6.07) is 16.3. The number of rotatable bonds is 4. The first-order chi connectivity index (χ1) is 11.3. The Balaban J connectivity index is 1.55. The minimum atomic E-state index is 0.756. The van der Waals surface area contributed by atoms with Gasteiger partial charge in [0.25, 0.3) is 0 Å². The van der Waals surface area contributed by atoms with Crippen LogP contribution in [0.5, 0.6) is 0 Å². The maximum absolute atomic E-state index is 4.65. The van der Waals surface area contributed by atoms with Crippen molar-refractivity contribution in [2.24, 2.45) is 0 Å². The van der Waals surface area contributed by atoms with Crippen LogP contribution >= 0.6 is 23.1 Å². The van der Waals surface area contributed by atoms with Crippen LogP contribution in [0.1, 0.15) is 10.6 Å². The van der Waals surface area contributed by atoms with E-state index in [0.717, 1.165) is 27.1 Å². The third-order valence-corrected chi connectivity index (χ3v) is 5.53. The number of fused-ring (bicyclic) bond motifs is 1. The SMILES string of the molecule is Cc1ccc(-n2nnnc2SCc2nc3ccccc3s2)cc1. The summed E-state index contributed by atoms with van der Waals surface area (Å²) in [6.07, 6.45) is 0. The molecule has 7 heteroatoms. The molecule has 2 heterocycles. The molecular formula is C16H13N5S2. The molecule has 4 aromatic rings. The minimum absolute atomic E-state index is 0.756. The first kappa shape index (κ1) is 14.3. The molecule has 5 nitrogen and oxygen atoms in total. The van der Waals surface area contributed by atoms with Gasteiger partial charge in [-0.2, -0.15) is 4.68 Å². The Hall–Kier alpha value is -2.25. The van der Waals surface area contributed by atoms with Gasteiger partial charge in [0.1, 0.15) is 5.01 Å². The van der Waals surface area contributed by atoms with Crippen molar-refractivity contribution in [2.75, 3.05) is 0 Å². The zero-order valence-electron chi connectivity index (χ0n) is 12.4. The summed E-state index contributed by atoms with van der Waals surface area (Å²) in [6.45, 7) is 2.06. The van der Waals surface area contributed by atoms with E-state index in [-0.39, 0.29) is 0 Å². The molecule has 0 radical (unpaired) electrons. The van der Waals surface area contributed by atoms with Crippen LogP contribution in [0.3, 0.4) is 0 Å². The van der Waals surface area contributed by atoms with Crippen LogP contribution in [-0.2, 0) is 5.75 Å². The predicted molar refractivity (Wildman–Crippen MR) is 93.1 cm³/mol. The van der Waals surface area contributed by atoms with Crippen LogP contribution in [0.4, 0.5) is 0 Å². The zero-order chi connectivity index (χ0) is 15.6. The molecule has 23 heavy (non-hydrogen) atoms. The summed E-state index contributed by atoms with van der Waals surface area (Å²) in [5.41, 5.74) is 3.23. The fourth-order valence-electron chi connectivity index (χ4n) is 2.22. The fraction of sp³-hybridized carbons (Fsp3) is 0.125. The number of hydrogen-bond acceptors (Lipinski definition) is 6. The van der Waals surface area contributed by atoms with Crippen molar-refractivity contribution in [3.05, 3.63) is 59.1 Å². The van der Waals surface area contributed by atoms with E-state index in [9.17, 15) is 0 Å². The number of para-hydroxylation sites is 1. The van der Waals surface area contributed by atoms with Crippen LogP contribution in [0.25, 0.3) is 15.9 Å². The molecule has 0 aliphatic heterocycles. The van der Waals surface area contributed by atoms with Crippen LogP contribution in [0.2, 0.25) is 0 Å². The molecule has 0 saturated carbocycles. The van der Waals surface area contributed by atoms with E-state index < -0.39 is 0 Å². The second-order valence-corrected chi connectivity index (χ2v) is 7.13. The van der Waals surface area contributed by atoms with Crippen molar-refractivity contribution in [2.45, 2.75) is 17.8 Å². The highest BCUT2D eigenvalue weighted by molar-refractivity contribution is 7.98. The third-order valence-electron chi connectivity index (χ3n) is 3.38. The van der Waals surface area contributed by atoms with Crippen LogP contribution in [0.15, 0.2) is 53.7 Å². The second-order valence-electron chi connectivity index (χ2n) is 5.07. The fourth-order valence-corrected chi connectivity index (χ4v) is 4.08. The molecule has 0 unspecified atom stereocenters. The van der Waals surface area contributed by atoms with E-state index in [4.69, 9.17) is 0 Å². The number of hydrogen-bond donors (Lipinski definition) is 0. The molecule has 0 bridgehead atoms. The third kappa shape index (κ3) is 2.97. The first-order valence-electron chi connectivity index (χ1n) is 7.12. The van der Waals surface area contributed by atoms with Gasteiger partial charge in [-0.15, -0.1) is 16.4 Å². The summed E-state index contributed by atoms with van der Waals surface area (Å²) in [5.74, 6) is 0.756. The Morgan fingerprint density at radius 1 is 1.09 bits per heavy atom. The lowest BCUT2D eigenvalue weighted by Gasteiger charge is -2.03. The van der Waals surface area contributed by atoms with Gasteiger partial charge in [-0.1, -0.05) is 41.6 Å². The van der Waals surface area contributed by atoms with Gasteiger partial charge in [0.15, 0.2) is 0 Å². The maximum atomic E-state index is 4.65. The number of thioether (sulfide) groups is 1. The van der Waals surface area contributed by atoms with E-state index in [1.54, 1.807) is 27.8 Å². The van der Waals surface area contributed by atoms with Crippen LogP contribution < -0.4 is 0 Å². The summed E-state index contributed by atoms with van der Waals surface area (Å²) in [5, 5.41) is 13.9. The Morgan fingerprint density at radius 3 is 2.74 bits per heavy atom. The number of tetrazole rings is 1. The molecule has 0 atom stereocenters. The molecule has 0 aliphatic rings. The molecule has 2 aromatic heterocycles. The van der Waals surface area contributed by atoms with Gasteiger partial charge in [0.05, 0.1) is 21.7 Å². The molecule has 0 N–H and O–H groups in total. The lowest BCUT2D eigenvalue weighted by Crippen LogP contribution is -1.99. The van der Waals surface area contributed by atoms with Gasteiger partial charge < -0.3 is 0 Å². The molecule has 0 amide bonds. The first-order valence-corrected chi connectivity index (χ1v) is 8.92. The molecule has 2 aromatic carbocycles. The number of benzene rings is 2. The van der Waals surface area contributed by atoms with Gasteiger partial charge in [0.2, 0.25) is 5.16 Å². The lowest BCUT2D eigenvalue weighted by molar-refractivity contribution is 0.756. The topological polar surface area (TPSA) is 56.5 Å². The Morgan fingerprint density at radius 2 is 1.91 bits per heavy atom. The highest BCUT2D eigenvalue weighted by Gasteiger charge is 2.11. The predicted octanol–water partition coefficient (Wildman–Crippen LogP) is 3.87. The summed E-state index contributed by atoms with van der Waals surface area (Å²) in [4.78, 5) is 4.65. The van der Waals surface area contributed by atoms with Crippen molar-refractivity contribution in [1.82, 2.24) is 25.2 Å². The molecule has 0 saturated heterocycles.